The minimum atomic E-state index is -0.342. The molecule has 0 unspecified atom stereocenters. The lowest BCUT2D eigenvalue weighted by Gasteiger charge is -2.28. The van der Waals surface area contributed by atoms with E-state index in [-0.39, 0.29) is 11.1 Å². The quantitative estimate of drug-likeness (QED) is 0.474. The van der Waals surface area contributed by atoms with Crippen LogP contribution >= 0.6 is 0 Å². The number of pyridine rings is 1. The van der Waals surface area contributed by atoms with Crippen molar-refractivity contribution in [2.45, 2.75) is 32.7 Å². The van der Waals surface area contributed by atoms with E-state index in [4.69, 9.17) is 14.5 Å². The first-order valence-electron chi connectivity index (χ1n) is 11.1. The predicted octanol–water partition coefficient (Wildman–Crippen LogP) is 2.63. The van der Waals surface area contributed by atoms with Gasteiger partial charge in [0.05, 0.1) is 37.8 Å². The molecule has 5 rings (SSSR count). The molecule has 1 saturated heterocycles. The van der Waals surface area contributed by atoms with Crippen LogP contribution in [0.1, 0.15) is 32.2 Å². The molecule has 0 aliphatic carbocycles. The highest BCUT2D eigenvalue weighted by molar-refractivity contribution is 5.92. The fourth-order valence-corrected chi connectivity index (χ4v) is 4.21. The van der Waals surface area contributed by atoms with Crippen molar-refractivity contribution in [1.82, 2.24) is 24.1 Å². The van der Waals surface area contributed by atoms with E-state index in [2.05, 4.69) is 15.1 Å². The molecule has 0 amide bonds. The van der Waals surface area contributed by atoms with Crippen molar-refractivity contribution in [3.05, 3.63) is 58.4 Å². The van der Waals surface area contributed by atoms with E-state index in [1.54, 1.807) is 22.3 Å². The number of anilines is 1. The van der Waals surface area contributed by atoms with Gasteiger partial charge in [-0.15, -0.1) is 10.2 Å². The molecule has 0 bridgehead atoms. The molecular weight excluding hydrogens is 420 g/mol. The predicted molar refractivity (Wildman–Crippen MR) is 126 cm³/mol. The normalized spacial score (nSPS) is 14.8. The number of rotatable bonds is 4. The molecule has 33 heavy (non-hydrogen) atoms. The van der Waals surface area contributed by atoms with Crippen LogP contribution in [0.4, 0.5) is 5.82 Å². The number of fused-ring (bicyclic) bond motifs is 3. The molecule has 0 radical (unpaired) electrons. The Morgan fingerprint density at radius 1 is 1.09 bits per heavy atom. The first-order chi connectivity index (χ1) is 15.9. The molecular formula is C24H28N6O3. The van der Waals surface area contributed by atoms with Crippen LogP contribution in [-0.2, 0) is 16.7 Å². The molecule has 0 N–H and O–H groups in total. The maximum atomic E-state index is 13.9. The number of ether oxygens (including phenoxy) is 2. The first kappa shape index (κ1) is 21.4. The standard InChI is InChI=1S/C24H28N6O3/c1-24(2,3)22-27-26-21-18-14-25-20(28-9-11-33-12-10-28)13-19(18)29(23(31)30(21)22)15-16-5-7-17(32-4)8-6-16/h5-8,13-14H,9-12,15H2,1-4H3. The Bertz CT molecular complexity index is 1360. The molecule has 4 aromatic rings. The summed E-state index contributed by atoms with van der Waals surface area (Å²) in [5.41, 5.74) is 1.81. The second kappa shape index (κ2) is 8.15. The van der Waals surface area contributed by atoms with Crippen molar-refractivity contribution >= 4 is 22.4 Å². The monoisotopic (exact) mass is 448 g/mol. The molecule has 3 aromatic heterocycles. The molecule has 172 valence electrons. The van der Waals surface area contributed by atoms with E-state index in [0.717, 1.165) is 41.1 Å². The van der Waals surface area contributed by atoms with Gasteiger partial charge in [0.25, 0.3) is 0 Å². The third kappa shape index (κ3) is 3.82. The van der Waals surface area contributed by atoms with Gasteiger partial charge in [-0.05, 0) is 17.7 Å². The third-order valence-electron chi connectivity index (χ3n) is 5.99. The van der Waals surface area contributed by atoms with Gasteiger partial charge in [0.2, 0.25) is 0 Å². The van der Waals surface area contributed by atoms with Crippen LogP contribution in [0.15, 0.2) is 41.3 Å². The van der Waals surface area contributed by atoms with Gasteiger partial charge in [-0.2, -0.15) is 0 Å². The smallest absolute Gasteiger partial charge is 0.336 e. The van der Waals surface area contributed by atoms with E-state index in [9.17, 15) is 4.79 Å². The molecule has 1 aliphatic rings. The molecule has 0 spiro atoms. The second-order valence-corrected chi connectivity index (χ2v) is 9.31. The molecule has 9 nitrogen and oxygen atoms in total. The van der Waals surface area contributed by atoms with Crippen molar-refractivity contribution in [3.8, 4) is 5.75 Å². The molecule has 1 aliphatic heterocycles. The van der Waals surface area contributed by atoms with Crippen LogP contribution in [0.2, 0.25) is 0 Å². The molecule has 0 saturated carbocycles. The van der Waals surface area contributed by atoms with Crippen LogP contribution in [-0.4, -0.2) is 57.6 Å². The topological polar surface area (TPSA) is 86.8 Å². The van der Waals surface area contributed by atoms with Gasteiger partial charge >= 0.3 is 5.69 Å². The summed E-state index contributed by atoms with van der Waals surface area (Å²) in [6.07, 6.45) is 1.81. The zero-order chi connectivity index (χ0) is 23.2. The van der Waals surface area contributed by atoms with Crippen LogP contribution in [0, 0.1) is 0 Å². The summed E-state index contributed by atoms with van der Waals surface area (Å²) in [4.78, 5) is 20.7. The largest absolute Gasteiger partial charge is 0.497 e. The maximum absolute atomic E-state index is 13.9. The van der Waals surface area contributed by atoms with Gasteiger partial charge in [-0.1, -0.05) is 32.9 Å². The third-order valence-corrected chi connectivity index (χ3v) is 5.99. The van der Waals surface area contributed by atoms with Crippen LogP contribution in [0.3, 0.4) is 0 Å². The summed E-state index contributed by atoms with van der Waals surface area (Å²) in [5.74, 6) is 2.23. The van der Waals surface area contributed by atoms with Gasteiger partial charge in [0.15, 0.2) is 5.65 Å². The zero-order valence-corrected chi connectivity index (χ0v) is 19.4. The van der Waals surface area contributed by atoms with E-state index in [1.807, 2.05) is 51.1 Å². The summed E-state index contributed by atoms with van der Waals surface area (Å²) < 4.78 is 14.2. The highest BCUT2D eigenvalue weighted by Gasteiger charge is 2.26. The number of morpholine rings is 1. The fraction of sp³-hybridized carbons (Fsp3) is 0.417. The summed E-state index contributed by atoms with van der Waals surface area (Å²) in [5, 5.41) is 9.58. The van der Waals surface area contributed by atoms with Gasteiger partial charge in [0, 0.05) is 30.8 Å². The highest BCUT2D eigenvalue weighted by atomic mass is 16.5. The zero-order valence-electron chi connectivity index (χ0n) is 19.4. The Morgan fingerprint density at radius 3 is 2.48 bits per heavy atom. The van der Waals surface area contributed by atoms with Crippen molar-refractivity contribution in [2.75, 3.05) is 38.3 Å². The Balaban J connectivity index is 1.74. The molecule has 4 heterocycles. The van der Waals surface area contributed by atoms with Gasteiger partial charge < -0.3 is 14.4 Å². The molecule has 1 aromatic carbocycles. The fourth-order valence-electron chi connectivity index (χ4n) is 4.21. The highest BCUT2D eigenvalue weighted by Crippen LogP contribution is 2.26. The Hall–Kier alpha value is -3.46. The number of hydrogen-bond acceptors (Lipinski definition) is 7. The van der Waals surface area contributed by atoms with E-state index < -0.39 is 0 Å². The van der Waals surface area contributed by atoms with Crippen LogP contribution < -0.4 is 15.3 Å². The number of benzene rings is 1. The number of hydrogen-bond donors (Lipinski definition) is 0. The Kier molecular flexibility index (Phi) is 5.28. The van der Waals surface area contributed by atoms with Crippen molar-refractivity contribution in [1.29, 1.82) is 0 Å². The number of aromatic nitrogens is 5. The summed E-state index contributed by atoms with van der Waals surface area (Å²) in [6.45, 7) is 9.35. The van der Waals surface area contributed by atoms with Crippen LogP contribution in [0.5, 0.6) is 5.75 Å². The molecule has 9 heteroatoms. The average molecular weight is 449 g/mol. The Labute approximate surface area is 191 Å². The summed E-state index contributed by atoms with van der Waals surface area (Å²) in [6, 6.07) is 9.74. The lowest BCUT2D eigenvalue weighted by atomic mass is 9.96. The first-order valence-corrected chi connectivity index (χ1v) is 11.1. The minimum absolute atomic E-state index is 0.164. The van der Waals surface area contributed by atoms with Crippen molar-refractivity contribution in [3.63, 3.8) is 0 Å². The van der Waals surface area contributed by atoms with E-state index >= 15 is 0 Å². The molecule has 1 fully saturated rings. The van der Waals surface area contributed by atoms with Crippen LogP contribution in [0.25, 0.3) is 16.6 Å². The van der Waals surface area contributed by atoms with Crippen molar-refractivity contribution < 1.29 is 9.47 Å². The summed E-state index contributed by atoms with van der Waals surface area (Å²) >= 11 is 0. The average Bonchev–Trinajstić information content (AvgIpc) is 3.29. The SMILES string of the molecule is COc1ccc(Cn2c(=O)n3c(C(C)(C)C)nnc3c3cnc(N4CCOCC4)cc32)cc1. The number of methoxy groups -OCH3 is 1. The Morgan fingerprint density at radius 2 is 1.82 bits per heavy atom. The van der Waals surface area contributed by atoms with Crippen molar-refractivity contribution in [2.24, 2.45) is 0 Å². The van der Waals surface area contributed by atoms with E-state index in [0.29, 0.717) is 31.2 Å². The maximum Gasteiger partial charge on any atom is 0.336 e. The lowest BCUT2D eigenvalue weighted by molar-refractivity contribution is 0.122. The van der Waals surface area contributed by atoms with Gasteiger partial charge in [-0.3, -0.25) is 4.57 Å². The molecule has 0 atom stereocenters. The minimum Gasteiger partial charge on any atom is -0.497 e. The van der Waals surface area contributed by atoms with Gasteiger partial charge in [-0.25, -0.2) is 14.2 Å². The van der Waals surface area contributed by atoms with Gasteiger partial charge in [0.1, 0.15) is 17.4 Å². The lowest BCUT2D eigenvalue weighted by Crippen LogP contribution is -2.37. The number of nitrogens with zero attached hydrogens (tertiary/aromatic N) is 6. The van der Waals surface area contributed by atoms with E-state index in [1.165, 1.54) is 0 Å². The second-order valence-electron chi connectivity index (χ2n) is 9.31. The summed E-state index contributed by atoms with van der Waals surface area (Å²) in [7, 11) is 1.64.